The summed E-state index contributed by atoms with van der Waals surface area (Å²) in [6.07, 6.45) is 5.09. The molecule has 0 radical (unpaired) electrons. The molecule has 0 amide bonds. The molecule has 1 heterocycles. The van der Waals surface area contributed by atoms with Crippen LogP contribution < -0.4 is 5.32 Å². The molecule has 0 spiro atoms. The predicted molar refractivity (Wildman–Crippen MR) is 52.5 cm³/mol. The first kappa shape index (κ1) is 10.3. The van der Waals surface area contributed by atoms with Gasteiger partial charge in [0.2, 0.25) is 0 Å². The van der Waals surface area contributed by atoms with Gasteiger partial charge in [0.1, 0.15) is 0 Å². The molecule has 2 rings (SSSR count). The van der Waals surface area contributed by atoms with Gasteiger partial charge in [-0.15, -0.1) is 0 Å². The summed E-state index contributed by atoms with van der Waals surface area (Å²) >= 11 is 0. The fourth-order valence-electron chi connectivity index (χ4n) is 2.82. The van der Waals surface area contributed by atoms with E-state index in [2.05, 4.69) is 5.32 Å². The minimum absolute atomic E-state index is 0.326. The van der Waals surface area contributed by atoms with Crippen molar-refractivity contribution in [2.24, 2.45) is 11.8 Å². The standard InChI is InChI=1S/C11H19F2N/c12-11(13,9-4-1-2-5-9)10-6-3-7-14-8-10/h9-10,14H,1-8H2. The van der Waals surface area contributed by atoms with Crippen molar-refractivity contribution in [1.29, 1.82) is 0 Å². The first-order chi connectivity index (χ1) is 6.71. The van der Waals surface area contributed by atoms with Gasteiger partial charge in [-0.3, -0.25) is 0 Å². The van der Waals surface area contributed by atoms with Crippen LogP contribution in [0.2, 0.25) is 0 Å². The quantitative estimate of drug-likeness (QED) is 0.727. The number of alkyl halides is 2. The number of piperidine rings is 1. The molecule has 2 fully saturated rings. The molecule has 0 bridgehead atoms. The minimum Gasteiger partial charge on any atom is -0.316 e. The largest absolute Gasteiger partial charge is 0.316 e. The average Bonchev–Trinajstić information content (AvgIpc) is 2.72. The van der Waals surface area contributed by atoms with Gasteiger partial charge in [0, 0.05) is 18.4 Å². The summed E-state index contributed by atoms with van der Waals surface area (Å²) in [5, 5.41) is 3.08. The number of hydrogen-bond donors (Lipinski definition) is 1. The molecule has 1 saturated heterocycles. The maximum Gasteiger partial charge on any atom is 0.254 e. The summed E-state index contributed by atoms with van der Waals surface area (Å²) in [6, 6.07) is 0. The Morgan fingerprint density at radius 2 is 1.57 bits per heavy atom. The molecule has 1 unspecified atom stereocenters. The maximum atomic E-state index is 14.0. The second-order valence-corrected chi connectivity index (χ2v) is 4.70. The lowest BCUT2D eigenvalue weighted by Crippen LogP contribution is -2.44. The van der Waals surface area contributed by atoms with Crippen molar-refractivity contribution in [1.82, 2.24) is 5.32 Å². The lowest BCUT2D eigenvalue weighted by atomic mass is 9.84. The van der Waals surface area contributed by atoms with Crippen molar-refractivity contribution in [2.45, 2.75) is 44.4 Å². The van der Waals surface area contributed by atoms with Crippen LogP contribution in [0.4, 0.5) is 8.78 Å². The number of nitrogens with one attached hydrogen (secondary N) is 1. The van der Waals surface area contributed by atoms with Crippen molar-refractivity contribution in [3.8, 4) is 0 Å². The highest BCUT2D eigenvalue weighted by Crippen LogP contribution is 2.44. The zero-order chi connectivity index (χ0) is 10.0. The third-order valence-corrected chi connectivity index (χ3v) is 3.74. The molecule has 1 aliphatic heterocycles. The monoisotopic (exact) mass is 203 g/mol. The number of hydrogen-bond acceptors (Lipinski definition) is 1. The van der Waals surface area contributed by atoms with E-state index in [0.29, 0.717) is 13.0 Å². The Morgan fingerprint density at radius 3 is 2.14 bits per heavy atom. The van der Waals surface area contributed by atoms with Crippen molar-refractivity contribution in [3.63, 3.8) is 0 Å². The molecule has 1 atom stereocenters. The third-order valence-electron chi connectivity index (χ3n) is 3.74. The SMILES string of the molecule is FC(F)(C1CCCC1)C1CCCNC1. The van der Waals surface area contributed by atoms with Crippen LogP contribution in [0.3, 0.4) is 0 Å². The first-order valence-corrected chi connectivity index (χ1v) is 5.80. The topological polar surface area (TPSA) is 12.0 Å². The Hall–Kier alpha value is -0.180. The molecule has 2 aliphatic rings. The van der Waals surface area contributed by atoms with Crippen LogP contribution in [0.15, 0.2) is 0 Å². The van der Waals surface area contributed by atoms with Gasteiger partial charge >= 0.3 is 0 Å². The van der Waals surface area contributed by atoms with Gasteiger partial charge < -0.3 is 5.32 Å². The third kappa shape index (κ3) is 1.92. The Balaban J connectivity index is 1.97. The highest BCUT2D eigenvalue weighted by molar-refractivity contribution is 4.89. The summed E-state index contributed by atoms with van der Waals surface area (Å²) in [7, 11) is 0. The fourth-order valence-corrected chi connectivity index (χ4v) is 2.82. The van der Waals surface area contributed by atoms with E-state index in [1.807, 2.05) is 0 Å². The second kappa shape index (κ2) is 4.13. The molecule has 14 heavy (non-hydrogen) atoms. The molecule has 82 valence electrons. The molecule has 1 saturated carbocycles. The van der Waals surface area contributed by atoms with Crippen LogP contribution in [0.25, 0.3) is 0 Å². The van der Waals surface area contributed by atoms with E-state index in [9.17, 15) is 8.78 Å². The number of halogens is 2. The van der Waals surface area contributed by atoms with E-state index in [4.69, 9.17) is 0 Å². The first-order valence-electron chi connectivity index (χ1n) is 5.80. The maximum absolute atomic E-state index is 14.0. The molecular formula is C11H19F2N. The average molecular weight is 203 g/mol. The smallest absolute Gasteiger partial charge is 0.254 e. The highest BCUT2D eigenvalue weighted by atomic mass is 19.3. The van der Waals surface area contributed by atoms with Crippen LogP contribution in [-0.4, -0.2) is 19.0 Å². The van der Waals surface area contributed by atoms with Crippen molar-refractivity contribution < 1.29 is 8.78 Å². The van der Waals surface area contributed by atoms with Gasteiger partial charge in [-0.25, -0.2) is 8.78 Å². The van der Waals surface area contributed by atoms with E-state index < -0.39 is 11.8 Å². The zero-order valence-electron chi connectivity index (χ0n) is 8.57. The Bertz CT molecular complexity index is 182. The van der Waals surface area contributed by atoms with Gasteiger partial charge in [-0.1, -0.05) is 12.8 Å². The minimum atomic E-state index is -2.41. The summed E-state index contributed by atoms with van der Waals surface area (Å²) in [4.78, 5) is 0. The Morgan fingerprint density at radius 1 is 0.929 bits per heavy atom. The molecular weight excluding hydrogens is 184 g/mol. The molecule has 1 nitrogen and oxygen atoms in total. The van der Waals surface area contributed by atoms with E-state index >= 15 is 0 Å². The normalized spacial score (nSPS) is 30.9. The summed E-state index contributed by atoms with van der Waals surface area (Å²) in [6.45, 7) is 1.43. The van der Waals surface area contributed by atoms with Crippen LogP contribution >= 0.6 is 0 Å². The van der Waals surface area contributed by atoms with Gasteiger partial charge in [0.25, 0.3) is 5.92 Å². The summed E-state index contributed by atoms with van der Waals surface area (Å²) in [5.74, 6) is -3.14. The van der Waals surface area contributed by atoms with E-state index in [0.717, 1.165) is 38.6 Å². The number of rotatable bonds is 2. The highest BCUT2D eigenvalue weighted by Gasteiger charge is 2.47. The van der Waals surface area contributed by atoms with Crippen molar-refractivity contribution in [2.75, 3.05) is 13.1 Å². The van der Waals surface area contributed by atoms with E-state index in [1.165, 1.54) is 0 Å². The second-order valence-electron chi connectivity index (χ2n) is 4.70. The fraction of sp³-hybridized carbons (Fsp3) is 1.00. The zero-order valence-corrected chi connectivity index (χ0v) is 8.57. The van der Waals surface area contributed by atoms with Crippen LogP contribution in [-0.2, 0) is 0 Å². The van der Waals surface area contributed by atoms with Gasteiger partial charge in [-0.05, 0) is 32.2 Å². The van der Waals surface area contributed by atoms with E-state index in [-0.39, 0.29) is 5.92 Å². The van der Waals surface area contributed by atoms with E-state index in [1.54, 1.807) is 0 Å². The summed E-state index contributed by atoms with van der Waals surface area (Å²) in [5.41, 5.74) is 0. The Labute approximate surface area is 84.3 Å². The van der Waals surface area contributed by atoms with Crippen LogP contribution in [0, 0.1) is 11.8 Å². The molecule has 1 aliphatic carbocycles. The van der Waals surface area contributed by atoms with Gasteiger partial charge in [0.05, 0.1) is 0 Å². The van der Waals surface area contributed by atoms with Gasteiger partial charge in [-0.2, -0.15) is 0 Å². The molecule has 1 N–H and O–H groups in total. The summed E-state index contributed by atoms with van der Waals surface area (Å²) < 4.78 is 27.9. The molecule has 0 aromatic heterocycles. The van der Waals surface area contributed by atoms with Gasteiger partial charge in [0.15, 0.2) is 0 Å². The van der Waals surface area contributed by atoms with Crippen molar-refractivity contribution >= 4 is 0 Å². The van der Waals surface area contributed by atoms with Crippen LogP contribution in [0.5, 0.6) is 0 Å². The lowest BCUT2D eigenvalue weighted by Gasteiger charge is -2.34. The molecule has 0 aromatic carbocycles. The van der Waals surface area contributed by atoms with Crippen LogP contribution in [0.1, 0.15) is 38.5 Å². The molecule has 3 heteroatoms. The lowest BCUT2D eigenvalue weighted by molar-refractivity contribution is -0.112. The predicted octanol–water partition coefficient (Wildman–Crippen LogP) is 2.81. The molecule has 0 aromatic rings. The Kier molecular flexibility index (Phi) is 3.05. The van der Waals surface area contributed by atoms with Crippen molar-refractivity contribution in [3.05, 3.63) is 0 Å².